The van der Waals surface area contributed by atoms with E-state index in [1.54, 1.807) is 12.1 Å². The number of quaternary nitrogens is 1. The van der Waals surface area contributed by atoms with Gasteiger partial charge in [0.05, 0.1) is 13.4 Å². The largest absolute Gasteiger partial charge is 0.465 e. The van der Waals surface area contributed by atoms with E-state index in [1.165, 1.54) is 18.1 Å². The molecule has 0 aromatic carbocycles. The van der Waals surface area contributed by atoms with Crippen LogP contribution in [0.4, 0.5) is 0 Å². The molecule has 0 aliphatic carbocycles. The van der Waals surface area contributed by atoms with Gasteiger partial charge < -0.3 is 23.6 Å². The molecular weight excluding hydrogens is 310 g/mol. The molecule has 8 nitrogen and oxygen atoms in total. The molecule has 2 aromatic rings. The zero-order valence-electron chi connectivity index (χ0n) is 11.9. The molecule has 0 saturated carbocycles. The number of hydrogen-bond acceptors (Lipinski definition) is 7. The number of carbonyl (C=O) groups excluding carboxylic acids is 1. The van der Waals surface area contributed by atoms with Crippen molar-refractivity contribution in [1.29, 1.82) is 0 Å². The molecule has 0 bridgehead atoms. The summed E-state index contributed by atoms with van der Waals surface area (Å²) in [6.07, 6.45) is 1.32. The molecule has 3 rings (SSSR count). The van der Waals surface area contributed by atoms with Crippen LogP contribution in [0, 0.1) is 4.84 Å². The topological polar surface area (TPSA) is 95.1 Å². The normalized spacial score (nSPS) is 24.5. The number of ether oxygens (including phenoxy) is 1. The minimum atomic E-state index is -0.551. The van der Waals surface area contributed by atoms with Crippen LogP contribution >= 0.6 is 12.2 Å². The maximum absolute atomic E-state index is 11.8. The third-order valence-electron chi connectivity index (χ3n) is 3.68. The number of aliphatic hydroxyl groups is 1. The fourth-order valence-corrected chi connectivity index (χ4v) is 2.83. The second-order valence-corrected chi connectivity index (χ2v) is 5.48. The van der Waals surface area contributed by atoms with Crippen LogP contribution in [0.2, 0.25) is 0 Å². The van der Waals surface area contributed by atoms with Crippen LogP contribution in [0.25, 0.3) is 11.7 Å². The van der Waals surface area contributed by atoms with Crippen molar-refractivity contribution in [2.24, 2.45) is 0 Å². The van der Waals surface area contributed by atoms with Gasteiger partial charge in [-0.3, -0.25) is 0 Å². The number of rotatable bonds is 4. The van der Waals surface area contributed by atoms with Crippen LogP contribution in [0.5, 0.6) is 0 Å². The van der Waals surface area contributed by atoms with Crippen molar-refractivity contribution in [2.75, 3.05) is 13.7 Å². The SMILES string of the molecule is COC(=O)[C@@H]1C[C@H](O)C[NH+]1Cn1nc(-c2ccco2)oc1=S. The lowest BCUT2D eigenvalue weighted by molar-refractivity contribution is -0.928. The maximum atomic E-state index is 11.8. The van der Waals surface area contributed by atoms with Gasteiger partial charge in [0.15, 0.2) is 18.5 Å². The van der Waals surface area contributed by atoms with E-state index in [4.69, 9.17) is 25.8 Å². The van der Waals surface area contributed by atoms with Gasteiger partial charge >= 0.3 is 5.97 Å². The number of nitrogens with one attached hydrogen (secondary N) is 1. The lowest BCUT2D eigenvalue weighted by Crippen LogP contribution is -3.14. The second kappa shape index (κ2) is 6.03. The molecule has 1 fully saturated rings. The summed E-state index contributed by atoms with van der Waals surface area (Å²) < 4.78 is 16.9. The van der Waals surface area contributed by atoms with Crippen LogP contribution in [-0.4, -0.2) is 46.7 Å². The van der Waals surface area contributed by atoms with Gasteiger partial charge in [-0.15, -0.1) is 5.10 Å². The highest BCUT2D eigenvalue weighted by atomic mass is 32.1. The molecule has 1 aliphatic rings. The number of aliphatic hydroxyl groups excluding tert-OH is 1. The number of nitrogens with zero attached hydrogens (tertiary/aromatic N) is 2. The molecule has 2 N–H and O–H groups in total. The Morgan fingerprint density at radius 1 is 1.68 bits per heavy atom. The highest BCUT2D eigenvalue weighted by Crippen LogP contribution is 2.17. The van der Waals surface area contributed by atoms with Gasteiger partial charge in [-0.2, -0.15) is 4.68 Å². The Morgan fingerprint density at radius 2 is 2.50 bits per heavy atom. The number of carbonyl (C=O) groups is 1. The van der Waals surface area contributed by atoms with Crippen molar-refractivity contribution in [2.45, 2.75) is 25.2 Å². The second-order valence-electron chi connectivity index (χ2n) is 5.14. The average Bonchev–Trinajstić information content (AvgIpc) is 3.20. The average molecular weight is 326 g/mol. The molecule has 1 unspecified atom stereocenters. The quantitative estimate of drug-likeness (QED) is 0.584. The van der Waals surface area contributed by atoms with Crippen molar-refractivity contribution in [3.05, 3.63) is 23.2 Å². The van der Waals surface area contributed by atoms with Gasteiger partial charge in [0.1, 0.15) is 12.6 Å². The van der Waals surface area contributed by atoms with Gasteiger partial charge in [-0.25, -0.2) is 4.79 Å². The monoisotopic (exact) mass is 326 g/mol. The van der Waals surface area contributed by atoms with Crippen LogP contribution in [0.1, 0.15) is 6.42 Å². The van der Waals surface area contributed by atoms with Gasteiger partial charge in [-0.05, 0) is 24.4 Å². The fraction of sp³-hybridized carbons (Fsp3) is 0.462. The Kier molecular flexibility index (Phi) is 4.10. The van der Waals surface area contributed by atoms with E-state index < -0.39 is 12.1 Å². The summed E-state index contributed by atoms with van der Waals surface area (Å²) in [6.45, 7) is 0.727. The highest BCUT2D eigenvalue weighted by Gasteiger charge is 2.41. The van der Waals surface area contributed by atoms with E-state index in [1.807, 2.05) is 0 Å². The van der Waals surface area contributed by atoms with Crippen molar-refractivity contribution in [3.8, 4) is 11.7 Å². The van der Waals surface area contributed by atoms with E-state index in [0.29, 0.717) is 25.4 Å². The molecule has 1 saturated heterocycles. The summed E-state index contributed by atoms with van der Waals surface area (Å²) >= 11 is 5.14. The molecule has 118 valence electrons. The third kappa shape index (κ3) is 2.82. The van der Waals surface area contributed by atoms with Crippen LogP contribution in [0.15, 0.2) is 27.2 Å². The predicted molar refractivity (Wildman–Crippen MR) is 75.3 cm³/mol. The molecule has 22 heavy (non-hydrogen) atoms. The molecule has 9 heteroatoms. The van der Waals surface area contributed by atoms with Crippen LogP contribution < -0.4 is 4.90 Å². The third-order valence-corrected chi connectivity index (χ3v) is 3.97. The van der Waals surface area contributed by atoms with E-state index in [2.05, 4.69) is 5.10 Å². The molecule has 3 atom stereocenters. The lowest BCUT2D eigenvalue weighted by atomic mass is 10.2. The summed E-state index contributed by atoms with van der Waals surface area (Å²) in [5.74, 6) is 0.405. The van der Waals surface area contributed by atoms with Crippen molar-refractivity contribution in [3.63, 3.8) is 0 Å². The number of methoxy groups -OCH3 is 1. The molecule has 0 spiro atoms. The van der Waals surface area contributed by atoms with Gasteiger partial charge in [0, 0.05) is 6.42 Å². The Morgan fingerprint density at radius 3 is 3.18 bits per heavy atom. The van der Waals surface area contributed by atoms with E-state index in [9.17, 15) is 9.90 Å². The van der Waals surface area contributed by atoms with Gasteiger partial charge in [0.2, 0.25) is 0 Å². The number of hydrogen-bond donors (Lipinski definition) is 2. The molecule has 3 heterocycles. The van der Waals surface area contributed by atoms with E-state index in [-0.39, 0.29) is 16.7 Å². The predicted octanol–water partition coefficient (Wildman–Crippen LogP) is -0.386. The number of esters is 1. The standard InChI is InChI=1S/C13H15N3O5S/c1-19-12(18)9-5-8(17)6-15(9)7-16-13(22)21-11(14-16)10-3-2-4-20-10/h2-4,8-9,17H,5-7H2,1H3/p+1/t8-,9-/m0/s1. The van der Waals surface area contributed by atoms with Crippen LogP contribution in [0.3, 0.4) is 0 Å². The Hall–Kier alpha value is -1.97. The molecule has 0 radical (unpaired) electrons. The van der Waals surface area contributed by atoms with Gasteiger partial charge in [0.25, 0.3) is 10.7 Å². The zero-order valence-corrected chi connectivity index (χ0v) is 12.7. The summed E-state index contributed by atoms with van der Waals surface area (Å²) in [5.41, 5.74) is 0. The first-order valence-electron chi connectivity index (χ1n) is 6.80. The van der Waals surface area contributed by atoms with E-state index >= 15 is 0 Å². The zero-order chi connectivity index (χ0) is 15.7. The number of furan rings is 1. The number of likely N-dealkylation sites (tertiary alicyclic amines) is 1. The Labute approximate surface area is 130 Å². The van der Waals surface area contributed by atoms with Crippen molar-refractivity contribution < 1.29 is 28.4 Å². The molecule has 0 amide bonds. The molecular formula is C13H16N3O5S+. The molecule has 2 aromatic heterocycles. The minimum absolute atomic E-state index is 0.184. The Bertz CT molecular complexity index is 708. The lowest BCUT2D eigenvalue weighted by Gasteiger charge is -2.18. The van der Waals surface area contributed by atoms with Crippen LogP contribution in [-0.2, 0) is 16.2 Å². The first kappa shape index (κ1) is 14.9. The first-order chi connectivity index (χ1) is 10.6. The van der Waals surface area contributed by atoms with Gasteiger partial charge in [-0.1, -0.05) is 0 Å². The molecule has 1 aliphatic heterocycles. The first-order valence-corrected chi connectivity index (χ1v) is 7.21. The maximum Gasteiger partial charge on any atom is 0.364 e. The Balaban J connectivity index is 1.81. The summed E-state index contributed by atoms with van der Waals surface area (Å²) in [5, 5.41) is 14.1. The van der Waals surface area contributed by atoms with E-state index in [0.717, 1.165) is 4.90 Å². The summed E-state index contributed by atoms with van der Waals surface area (Å²) in [4.78, 5) is 12.8. The number of aromatic nitrogens is 2. The fourth-order valence-electron chi connectivity index (χ4n) is 2.65. The summed E-state index contributed by atoms with van der Waals surface area (Å²) in [6, 6.07) is 3.00. The highest BCUT2D eigenvalue weighted by molar-refractivity contribution is 7.71. The smallest absolute Gasteiger partial charge is 0.364 e. The van der Waals surface area contributed by atoms with Crippen molar-refractivity contribution in [1.82, 2.24) is 9.78 Å². The minimum Gasteiger partial charge on any atom is -0.465 e. The summed E-state index contributed by atoms with van der Waals surface area (Å²) in [7, 11) is 1.33. The van der Waals surface area contributed by atoms with Crippen molar-refractivity contribution >= 4 is 18.2 Å².